The number of nitrogens with one attached hydrogen (secondary N) is 1. The summed E-state index contributed by atoms with van der Waals surface area (Å²) in [6.07, 6.45) is 3.05. The summed E-state index contributed by atoms with van der Waals surface area (Å²) >= 11 is 12.0. The Morgan fingerprint density at radius 1 is 1.15 bits per heavy atom. The summed E-state index contributed by atoms with van der Waals surface area (Å²) in [7, 11) is 0. The summed E-state index contributed by atoms with van der Waals surface area (Å²) < 4.78 is 0. The molecule has 1 aromatic rings. The summed E-state index contributed by atoms with van der Waals surface area (Å²) in [5, 5.41) is 4.05. The second-order valence-corrected chi connectivity index (χ2v) is 9.57. The van der Waals surface area contributed by atoms with Gasteiger partial charge in [0.25, 0.3) is 5.91 Å². The van der Waals surface area contributed by atoms with Gasteiger partial charge in [-0.2, -0.15) is 0 Å². The van der Waals surface area contributed by atoms with Crippen LogP contribution in [-0.2, 0) is 4.79 Å². The minimum absolute atomic E-state index is 0.124. The van der Waals surface area contributed by atoms with Gasteiger partial charge < -0.3 is 5.32 Å². The van der Waals surface area contributed by atoms with Crippen LogP contribution in [0.5, 0.6) is 0 Å². The zero-order valence-electron chi connectivity index (χ0n) is 15.6. The maximum Gasteiger partial charge on any atom is 0.251 e. The predicted molar refractivity (Wildman–Crippen MR) is 105 cm³/mol. The number of ketones is 1. The van der Waals surface area contributed by atoms with E-state index in [9.17, 15) is 9.59 Å². The van der Waals surface area contributed by atoms with Gasteiger partial charge in [0.1, 0.15) is 0 Å². The van der Waals surface area contributed by atoms with Crippen molar-refractivity contribution in [3.05, 3.63) is 33.8 Å². The van der Waals surface area contributed by atoms with Crippen LogP contribution >= 0.6 is 23.2 Å². The molecule has 1 amide bonds. The van der Waals surface area contributed by atoms with Crippen molar-refractivity contribution in [3.63, 3.8) is 0 Å². The molecule has 1 saturated carbocycles. The number of carbonyl (C=O) groups excluding carboxylic acids is 2. The molecule has 1 aliphatic heterocycles. The fourth-order valence-electron chi connectivity index (χ4n) is 3.63. The number of likely N-dealkylation sites (tertiary alicyclic amines) is 1. The molecule has 1 aliphatic carbocycles. The number of piperidine rings is 1. The lowest BCUT2D eigenvalue weighted by molar-refractivity contribution is -0.127. The van der Waals surface area contributed by atoms with E-state index in [1.54, 1.807) is 18.2 Å². The fraction of sp³-hybridized carbons (Fsp3) is 0.600. The molecule has 4 nitrogen and oxygen atoms in total. The number of hydrogen-bond acceptors (Lipinski definition) is 3. The third-order valence-corrected chi connectivity index (χ3v) is 6.11. The molecule has 1 saturated heterocycles. The number of amides is 1. The summed E-state index contributed by atoms with van der Waals surface area (Å²) in [6.45, 7) is 8.26. The molecule has 1 atom stereocenters. The molecule has 0 aromatic heterocycles. The lowest BCUT2D eigenvalue weighted by Crippen LogP contribution is -2.43. The van der Waals surface area contributed by atoms with Crippen molar-refractivity contribution in [1.82, 2.24) is 10.2 Å². The van der Waals surface area contributed by atoms with Crippen LogP contribution in [0.2, 0.25) is 10.0 Å². The molecule has 2 fully saturated rings. The van der Waals surface area contributed by atoms with Crippen molar-refractivity contribution < 1.29 is 9.59 Å². The van der Waals surface area contributed by atoms with Gasteiger partial charge in [0, 0.05) is 27.1 Å². The monoisotopic (exact) mass is 396 g/mol. The summed E-state index contributed by atoms with van der Waals surface area (Å²) in [4.78, 5) is 26.9. The van der Waals surface area contributed by atoms with Crippen molar-refractivity contribution in [2.24, 2.45) is 10.8 Å². The minimum atomic E-state index is -0.288. The van der Waals surface area contributed by atoms with E-state index in [-0.39, 0.29) is 28.6 Å². The Hall–Kier alpha value is -1.10. The first-order chi connectivity index (χ1) is 12.1. The smallest absolute Gasteiger partial charge is 0.251 e. The van der Waals surface area contributed by atoms with Crippen molar-refractivity contribution in [2.45, 2.75) is 46.1 Å². The molecule has 0 bridgehead atoms. The maximum absolute atomic E-state index is 12.5. The van der Waals surface area contributed by atoms with Gasteiger partial charge in [-0.1, -0.05) is 44.0 Å². The zero-order valence-corrected chi connectivity index (χ0v) is 17.1. The van der Waals surface area contributed by atoms with E-state index >= 15 is 0 Å². The first-order valence-corrected chi connectivity index (χ1v) is 9.87. The lowest BCUT2D eigenvalue weighted by Gasteiger charge is -2.33. The van der Waals surface area contributed by atoms with E-state index in [1.165, 1.54) is 0 Å². The van der Waals surface area contributed by atoms with Gasteiger partial charge >= 0.3 is 0 Å². The molecular formula is C20H26Cl2N2O2. The number of halogens is 2. The molecule has 1 spiro atoms. The molecule has 1 N–H and O–H groups in total. The highest BCUT2D eigenvalue weighted by atomic mass is 35.5. The highest BCUT2D eigenvalue weighted by Crippen LogP contribution is 2.54. The third kappa shape index (κ3) is 4.41. The SMILES string of the molecule is CC(C)(C)C(=O)CN1CCC2(CC1)CC2NC(=O)c1cc(Cl)cc(Cl)c1. The topological polar surface area (TPSA) is 49.4 Å². The highest BCUT2D eigenvalue weighted by molar-refractivity contribution is 6.35. The maximum atomic E-state index is 12.5. The van der Waals surface area contributed by atoms with Crippen LogP contribution in [0.15, 0.2) is 18.2 Å². The molecular weight excluding hydrogens is 371 g/mol. The first kappa shape index (κ1) is 19.7. The van der Waals surface area contributed by atoms with Crippen LogP contribution < -0.4 is 5.32 Å². The molecule has 1 unspecified atom stereocenters. The third-order valence-electron chi connectivity index (χ3n) is 5.68. The average Bonchev–Trinajstić information content (AvgIpc) is 3.19. The molecule has 1 heterocycles. The van der Waals surface area contributed by atoms with Gasteiger partial charge in [-0.3, -0.25) is 14.5 Å². The van der Waals surface area contributed by atoms with Crippen molar-refractivity contribution in [1.29, 1.82) is 0 Å². The molecule has 6 heteroatoms. The van der Waals surface area contributed by atoms with Crippen molar-refractivity contribution in [3.8, 4) is 0 Å². The first-order valence-electron chi connectivity index (χ1n) is 9.12. The van der Waals surface area contributed by atoms with Crippen LogP contribution in [0.1, 0.15) is 50.4 Å². The number of nitrogens with zero attached hydrogens (tertiary/aromatic N) is 1. The fourth-order valence-corrected chi connectivity index (χ4v) is 4.15. The Morgan fingerprint density at radius 2 is 1.73 bits per heavy atom. The number of rotatable bonds is 4. The molecule has 0 radical (unpaired) electrons. The normalized spacial score (nSPS) is 22.3. The molecule has 3 rings (SSSR count). The van der Waals surface area contributed by atoms with Gasteiger partial charge in [-0.25, -0.2) is 0 Å². The number of Topliss-reactive ketones (excluding diaryl/α,β-unsaturated/α-hetero) is 1. The van der Waals surface area contributed by atoms with Crippen LogP contribution in [0.25, 0.3) is 0 Å². The Bertz CT molecular complexity index is 699. The molecule has 1 aromatic carbocycles. The van der Waals surface area contributed by atoms with Crippen LogP contribution in [-0.4, -0.2) is 42.3 Å². The number of carbonyl (C=O) groups is 2. The Kier molecular flexibility index (Phi) is 5.40. The molecule has 2 aliphatic rings. The summed E-state index contributed by atoms with van der Waals surface area (Å²) in [6, 6.07) is 5.10. The van der Waals surface area contributed by atoms with Crippen LogP contribution in [0, 0.1) is 10.8 Å². The average molecular weight is 397 g/mol. The van der Waals surface area contributed by atoms with Gasteiger partial charge in [0.2, 0.25) is 0 Å². The quantitative estimate of drug-likeness (QED) is 0.829. The second-order valence-electron chi connectivity index (χ2n) is 8.70. The van der Waals surface area contributed by atoms with Gasteiger partial charge in [0.05, 0.1) is 6.54 Å². The van der Waals surface area contributed by atoms with Gasteiger partial charge in [0.15, 0.2) is 5.78 Å². The molecule has 26 heavy (non-hydrogen) atoms. The van der Waals surface area contributed by atoms with Crippen LogP contribution in [0.4, 0.5) is 0 Å². The van der Waals surface area contributed by atoms with E-state index in [0.717, 1.165) is 32.4 Å². The second kappa shape index (κ2) is 7.14. The van der Waals surface area contributed by atoms with Crippen molar-refractivity contribution >= 4 is 34.9 Å². The summed E-state index contributed by atoms with van der Waals surface area (Å²) in [5.41, 5.74) is 0.403. The van der Waals surface area contributed by atoms with E-state index < -0.39 is 0 Å². The zero-order chi connectivity index (χ0) is 19.1. The highest BCUT2D eigenvalue weighted by Gasteiger charge is 2.55. The van der Waals surface area contributed by atoms with Gasteiger partial charge in [-0.05, 0) is 56.0 Å². The minimum Gasteiger partial charge on any atom is -0.349 e. The lowest BCUT2D eigenvalue weighted by atomic mass is 9.88. The van der Waals surface area contributed by atoms with E-state index in [2.05, 4.69) is 10.2 Å². The number of benzene rings is 1. The predicted octanol–water partition coefficient (Wildman–Crippen LogP) is 4.19. The van der Waals surface area contributed by atoms with E-state index in [1.807, 2.05) is 20.8 Å². The Morgan fingerprint density at radius 3 is 2.27 bits per heavy atom. The number of hydrogen-bond donors (Lipinski definition) is 1. The van der Waals surface area contributed by atoms with E-state index in [4.69, 9.17) is 23.2 Å². The van der Waals surface area contributed by atoms with Crippen molar-refractivity contribution in [2.75, 3.05) is 19.6 Å². The Labute approximate surface area is 165 Å². The van der Waals surface area contributed by atoms with Crippen LogP contribution in [0.3, 0.4) is 0 Å². The van der Waals surface area contributed by atoms with E-state index in [0.29, 0.717) is 22.2 Å². The Balaban J connectivity index is 1.51. The summed E-state index contributed by atoms with van der Waals surface area (Å²) in [5.74, 6) is 0.161. The molecule has 142 valence electrons. The van der Waals surface area contributed by atoms with Gasteiger partial charge in [-0.15, -0.1) is 0 Å². The largest absolute Gasteiger partial charge is 0.349 e. The standard InChI is InChI=1S/C20H26Cl2N2O2/c1-19(2,3)17(25)12-24-6-4-20(5-7-24)11-16(20)23-18(26)13-8-14(21)10-15(22)9-13/h8-10,16H,4-7,11-12H2,1-3H3,(H,23,26).